The molecule has 1 aromatic rings. The topological polar surface area (TPSA) is 81.4 Å². The number of benzene rings is 1. The van der Waals surface area contributed by atoms with Gasteiger partial charge in [0.15, 0.2) is 5.78 Å². The Labute approximate surface area is 105 Å². The maximum atomic E-state index is 11.9. The van der Waals surface area contributed by atoms with Crippen molar-refractivity contribution in [2.75, 3.05) is 17.7 Å². The van der Waals surface area contributed by atoms with Crippen LogP contribution in [0.3, 0.4) is 0 Å². The Balaban J connectivity index is 2.08. The lowest BCUT2D eigenvalue weighted by Crippen LogP contribution is -2.34. The third-order valence-corrected chi connectivity index (χ3v) is 2.73. The lowest BCUT2D eigenvalue weighted by molar-refractivity contribution is -0.138. The number of nitrogen functional groups attached to an aromatic ring is 1. The van der Waals surface area contributed by atoms with Crippen molar-refractivity contribution in [2.45, 2.75) is 12.5 Å². The normalized spacial score (nSPS) is 17.6. The number of esters is 1. The molecule has 1 atom stereocenters. The molecule has 0 aliphatic carbocycles. The number of rotatable bonds is 3. The minimum absolute atomic E-state index is 0.00398. The van der Waals surface area contributed by atoms with Crippen LogP contribution in [0.5, 0.6) is 0 Å². The van der Waals surface area contributed by atoms with Crippen molar-refractivity contribution < 1.29 is 14.3 Å². The molecular formula is C13H14N2O3. The smallest absolute Gasteiger partial charge is 0.330 e. The van der Waals surface area contributed by atoms with Crippen LogP contribution in [0.1, 0.15) is 16.8 Å². The summed E-state index contributed by atoms with van der Waals surface area (Å²) in [5, 5.41) is 3.15. The number of fused-ring (bicyclic) bond motifs is 1. The van der Waals surface area contributed by atoms with Crippen LogP contribution in [-0.4, -0.2) is 24.4 Å². The first-order valence-corrected chi connectivity index (χ1v) is 5.58. The third kappa shape index (κ3) is 2.51. The number of carbonyl (C=O) groups excluding carboxylic acids is 2. The Kier molecular flexibility index (Phi) is 3.32. The zero-order valence-corrected chi connectivity index (χ0v) is 9.81. The fraction of sp³-hybridized carbons (Fsp3) is 0.231. The van der Waals surface area contributed by atoms with Crippen molar-refractivity contribution in [1.29, 1.82) is 0 Å². The van der Waals surface area contributed by atoms with Crippen LogP contribution in [0, 0.1) is 0 Å². The Morgan fingerprint density at radius 3 is 3.11 bits per heavy atom. The summed E-state index contributed by atoms with van der Waals surface area (Å²) in [5.41, 5.74) is 7.50. The molecule has 3 N–H and O–H groups in total. The van der Waals surface area contributed by atoms with E-state index in [4.69, 9.17) is 10.5 Å². The summed E-state index contributed by atoms with van der Waals surface area (Å²) in [7, 11) is 0. The van der Waals surface area contributed by atoms with Gasteiger partial charge in [0.05, 0.1) is 6.04 Å². The average molecular weight is 246 g/mol. The Hall–Kier alpha value is -2.30. The standard InChI is InChI=1S/C13H14N2O3/c1-2-13(17)18-7-9-6-12(16)10-5-8(14)3-4-11(10)15-9/h2-5,9,15H,1,6-7,14H2. The molecule has 0 spiro atoms. The maximum absolute atomic E-state index is 11.9. The SMILES string of the molecule is C=CC(=O)OCC1CC(=O)c2cc(N)ccc2N1. The van der Waals surface area contributed by atoms with Gasteiger partial charge in [0.1, 0.15) is 6.61 Å². The first kappa shape index (κ1) is 12.2. The molecule has 0 saturated carbocycles. The molecule has 0 aromatic heterocycles. The molecule has 1 aliphatic heterocycles. The van der Waals surface area contributed by atoms with Gasteiger partial charge in [-0.25, -0.2) is 4.79 Å². The quantitative estimate of drug-likeness (QED) is 0.478. The van der Waals surface area contributed by atoms with Gasteiger partial charge >= 0.3 is 5.97 Å². The molecule has 1 unspecified atom stereocenters. The molecule has 2 rings (SSSR count). The van der Waals surface area contributed by atoms with Gasteiger partial charge in [-0.2, -0.15) is 0 Å². The lowest BCUT2D eigenvalue weighted by atomic mass is 9.96. The lowest BCUT2D eigenvalue weighted by Gasteiger charge is -2.25. The van der Waals surface area contributed by atoms with E-state index < -0.39 is 5.97 Å². The van der Waals surface area contributed by atoms with Crippen LogP contribution in [0.25, 0.3) is 0 Å². The number of hydrogen-bond donors (Lipinski definition) is 2. The molecule has 5 nitrogen and oxygen atoms in total. The van der Waals surface area contributed by atoms with Crippen molar-refractivity contribution in [3.05, 3.63) is 36.4 Å². The van der Waals surface area contributed by atoms with Crippen LogP contribution in [0.2, 0.25) is 0 Å². The highest BCUT2D eigenvalue weighted by Crippen LogP contribution is 2.26. The molecule has 94 valence electrons. The number of hydrogen-bond acceptors (Lipinski definition) is 5. The minimum atomic E-state index is -0.493. The van der Waals surface area contributed by atoms with Crippen LogP contribution < -0.4 is 11.1 Å². The number of ketones is 1. The molecule has 18 heavy (non-hydrogen) atoms. The highest BCUT2D eigenvalue weighted by Gasteiger charge is 2.25. The van der Waals surface area contributed by atoms with Crippen molar-refractivity contribution in [3.8, 4) is 0 Å². The largest absolute Gasteiger partial charge is 0.460 e. The number of Topliss-reactive ketones (excluding diaryl/α,β-unsaturated/α-hetero) is 1. The molecule has 1 aromatic carbocycles. The van der Waals surface area contributed by atoms with Crippen LogP contribution >= 0.6 is 0 Å². The highest BCUT2D eigenvalue weighted by molar-refractivity contribution is 6.04. The number of carbonyl (C=O) groups is 2. The van der Waals surface area contributed by atoms with Crippen LogP contribution in [-0.2, 0) is 9.53 Å². The number of nitrogens with one attached hydrogen (secondary N) is 1. The minimum Gasteiger partial charge on any atom is -0.460 e. The molecule has 0 saturated heterocycles. The van der Waals surface area contributed by atoms with Crippen molar-refractivity contribution in [1.82, 2.24) is 0 Å². The molecule has 0 fully saturated rings. The summed E-state index contributed by atoms with van der Waals surface area (Å²) in [4.78, 5) is 22.9. The van der Waals surface area contributed by atoms with E-state index in [1.165, 1.54) is 0 Å². The maximum Gasteiger partial charge on any atom is 0.330 e. The Morgan fingerprint density at radius 1 is 1.61 bits per heavy atom. The number of nitrogens with two attached hydrogens (primary N) is 1. The van der Waals surface area contributed by atoms with Gasteiger partial charge in [-0.3, -0.25) is 4.79 Å². The summed E-state index contributed by atoms with van der Waals surface area (Å²) in [6.07, 6.45) is 1.38. The predicted octanol–water partition coefficient (Wildman–Crippen LogP) is 1.36. The van der Waals surface area contributed by atoms with Crippen molar-refractivity contribution in [3.63, 3.8) is 0 Å². The average Bonchev–Trinajstić information content (AvgIpc) is 2.37. The fourth-order valence-corrected chi connectivity index (χ4v) is 1.87. The van der Waals surface area contributed by atoms with Gasteiger partial charge in [0.25, 0.3) is 0 Å². The second-order valence-electron chi connectivity index (χ2n) is 4.11. The van der Waals surface area contributed by atoms with E-state index in [1.807, 2.05) is 0 Å². The van der Waals surface area contributed by atoms with E-state index in [-0.39, 0.29) is 24.9 Å². The monoisotopic (exact) mass is 246 g/mol. The van der Waals surface area contributed by atoms with Gasteiger partial charge in [0.2, 0.25) is 0 Å². The first-order chi connectivity index (χ1) is 8.60. The van der Waals surface area contributed by atoms with E-state index in [0.29, 0.717) is 11.3 Å². The van der Waals surface area contributed by atoms with E-state index in [0.717, 1.165) is 11.8 Å². The van der Waals surface area contributed by atoms with Crippen LogP contribution in [0.15, 0.2) is 30.9 Å². The van der Waals surface area contributed by atoms with Gasteiger partial charge in [-0.1, -0.05) is 6.58 Å². The molecule has 0 amide bonds. The molecule has 1 heterocycles. The molecule has 5 heteroatoms. The summed E-state index contributed by atoms with van der Waals surface area (Å²) in [6.45, 7) is 3.45. The Morgan fingerprint density at radius 2 is 2.39 bits per heavy atom. The van der Waals surface area contributed by atoms with Gasteiger partial charge in [0, 0.05) is 29.4 Å². The zero-order valence-electron chi connectivity index (χ0n) is 9.81. The summed E-state index contributed by atoms with van der Waals surface area (Å²) >= 11 is 0. The molecule has 0 radical (unpaired) electrons. The fourth-order valence-electron chi connectivity index (χ4n) is 1.87. The van der Waals surface area contributed by atoms with Gasteiger partial charge in [-0.05, 0) is 18.2 Å². The summed E-state index contributed by atoms with van der Waals surface area (Å²) in [5.74, 6) is -0.497. The van der Waals surface area contributed by atoms with E-state index in [9.17, 15) is 9.59 Å². The molecule has 0 bridgehead atoms. The van der Waals surface area contributed by atoms with Gasteiger partial charge in [-0.15, -0.1) is 0 Å². The van der Waals surface area contributed by atoms with Crippen molar-refractivity contribution in [2.24, 2.45) is 0 Å². The van der Waals surface area contributed by atoms with Gasteiger partial charge < -0.3 is 15.8 Å². The van der Waals surface area contributed by atoms with E-state index in [2.05, 4.69) is 11.9 Å². The summed E-state index contributed by atoms with van der Waals surface area (Å²) < 4.78 is 4.92. The van der Waals surface area contributed by atoms with Crippen molar-refractivity contribution >= 4 is 23.1 Å². The van der Waals surface area contributed by atoms with E-state index >= 15 is 0 Å². The molecular weight excluding hydrogens is 232 g/mol. The third-order valence-electron chi connectivity index (χ3n) is 2.73. The first-order valence-electron chi connectivity index (χ1n) is 5.58. The number of anilines is 2. The predicted molar refractivity (Wildman–Crippen MR) is 68.4 cm³/mol. The Bertz CT molecular complexity index is 511. The second kappa shape index (κ2) is 4.91. The van der Waals surface area contributed by atoms with Crippen LogP contribution in [0.4, 0.5) is 11.4 Å². The zero-order chi connectivity index (χ0) is 13.1. The highest BCUT2D eigenvalue weighted by atomic mass is 16.5. The molecule has 1 aliphatic rings. The second-order valence-corrected chi connectivity index (χ2v) is 4.11. The van der Waals surface area contributed by atoms with E-state index in [1.54, 1.807) is 18.2 Å². The number of ether oxygens (including phenoxy) is 1. The summed E-state index contributed by atoms with van der Waals surface area (Å²) in [6, 6.07) is 4.91.